The van der Waals surface area contributed by atoms with Crippen molar-refractivity contribution in [2.45, 2.75) is 18.9 Å². The van der Waals surface area contributed by atoms with Crippen molar-refractivity contribution in [2.24, 2.45) is 5.92 Å². The van der Waals surface area contributed by atoms with Gasteiger partial charge < -0.3 is 19.7 Å². The smallest absolute Gasteiger partial charge is 0.407 e. The van der Waals surface area contributed by atoms with Crippen LogP contribution in [0.2, 0.25) is 0 Å². The molecule has 0 unspecified atom stereocenters. The largest absolute Gasteiger partial charge is 0.461 e. The predicted octanol–water partition coefficient (Wildman–Crippen LogP) is 1.19. The van der Waals surface area contributed by atoms with Crippen LogP contribution < -0.4 is 5.32 Å². The number of carbonyl (C=O) groups excluding carboxylic acids is 3. The zero-order valence-electron chi connectivity index (χ0n) is 13.3. The Balaban J connectivity index is 1.52. The van der Waals surface area contributed by atoms with E-state index in [1.54, 1.807) is 17.0 Å². The van der Waals surface area contributed by atoms with Crippen LogP contribution in [0, 0.1) is 5.92 Å². The van der Waals surface area contributed by atoms with Gasteiger partial charge in [-0.1, -0.05) is 18.2 Å². The Morgan fingerprint density at radius 2 is 2.08 bits per heavy atom. The summed E-state index contributed by atoms with van der Waals surface area (Å²) in [4.78, 5) is 37.3. The molecule has 2 fully saturated rings. The van der Waals surface area contributed by atoms with Crippen molar-refractivity contribution in [3.8, 4) is 0 Å². The number of alkyl carbamates (subject to hydrolysis) is 1. The Labute approximate surface area is 139 Å². The van der Waals surface area contributed by atoms with Gasteiger partial charge in [-0.15, -0.1) is 0 Å². The number of hydrogen-bond acceptors (Lipinski definition) is 5. The fourth-order valence-electron chi connectivity index (χ4n) is 2.94. The molecule has 0 aromatic heterocycles. The Hall–Kier alpha value is -2.57. The highest BCUT2D eigenvalue weighted by Crippen LogP contribution is 2.20. The number of hydrogen-bond donors (Lipinski definition) is 1. The number of rotatable bonds is 4. The fraction of sp³-hybridized carbons (Fsp3) is 0.471. The molecular weight excluding hydrogens is 312 g/mol. The number of nitrogens with zero attached hydrogens (tertiary/aromatic N) is 1. The molecule has 1 N–H and O–H groups in total. The van der Waals surface area contributed by atoms with Gasteiger partial charge in [0, 0.05) is 18.7 Å². The van der Waals surface area contributed by atoms with Gasteiger partial charge >= 0.3 is 12.1 Å². The monoisotopic (exact) mass is 332 g/mol. The lowest BCUT2D eigenvalue weighted by Crippen LogP contribution is -2.43. The third-order valence-corrected chi connectivity index (χ3v) is 4.22. The number of likely N-dealkylation sites (tertiary alicyclic amines) is 1. The second kappa shape index (κ2) is 7.33. The lowest BCUT2D eigenvalue weighted by molar-refractivity contribution is -0.152. The summed E-state index contributed by atoms with van der Waals surface area (Å²) in [5, 5.41) is 2.51. The molecule has 0 aliphatic carbocycles. The number of amides is 2. The van der Waals surface area contributed by atoms with Gasteiger partial charge in [-0.3, -0.25) is 9.59 Å². The first kappa shape index (κ1) is 16.3. The first-order valence-corrected chi connectivity index (χ1v) is 8.09. The second-order valence-electron chi connectivity index (χ2n) is 5.99. The molecule has 0 bridgehead atoms. The number of piperidine rings is 1. The number of benzene rings is 1. The van der Waals surface area contributed by atoms with Gasteiger partial charge in [0.05, 0.1) is 12.5 Å². The molecule has 0 radical (unpaired) electrons. The van der Waals surface area contributed by atoms with Crippen molar-refractivity contribution in [3.05, 3.63) is 35.9 Å². The first-order valence-electron chi connectivity index (χ1n) is 8.09. The van der Waals surface area contributed by atoms with Crippen molar-refractivity contribution in [1.82, 2.24) is 10.2 Å². The summed E-state index contributed by atoms with van der Waals surface area (Å²) in [5.74, 6) is -0.748. The highest BCUT2D eigenvalue weighted by molar-refractivity contribution is 5.94. The van der Waals surface area contributed by atoms with Crippen molar-refractivity contribution in [1.29, 1.82) is 0 Å². The van der Waals surface area contributed by atoms with Crippen molar-refractivity contribution in [3.63, 3.8) is 0 Å². The van der Waals surface area contributed by atoms with Crippen LogP contribution >= 0.6 is 0 Å². The topological polar surface area (TPSA) is 84.9 Å². The molecule has 2 aliphatic rings. The minimum Gasteiger partial charge on any atom is -0.461 e. The van der Waals surface area contributed by atoms with Crippen LogP contribution in [-0.4, -0.2) is 55.2 Å². The minimum absolute atomic E-state index is 0.0424. The summed E-state index contributed by atoms with van der Waals surface area (Å²) >= 11 is 0. The van der Waals surface area contributed by atoms with E-state index in [1.807, 2.05) is 18.2 Å². The molecule has 1 aromatic rings. The first-order chi connectivity index (χ1) is 11.6. The third kappa shape index (κ3) is 3.84. The molecule has 128 valence electrons. The zero-order valence-corrected chi connectivity index (χ0v) is 13.3. The van der Waals surface area contributed by atoms with E-state index in [2.05, 4.69) is 5.32 Å². The Kier molecular flexibility index (Phi) is 4.98. The standard InChI is InChI=1S/C17H20N2O5/c20-15(12-5-2-1-3-6-12)19-8-4-7-13(10-19)16(21)23-11-14-9-18-17(22)24-14/h1-3,5-6,13-14H,4,7-11H2,(H,18,22)/t13-,14+/m0/s1. The molecule has 2 saturated heterocycles. The van der Waals surface area contributed by atoms with Gasteiger partial charge in [-0.05, 0) is 25.0 Å². The van der Waals surface area contributed by atoms with E-state index in [9.17, 15) is 14.4 Å². The van der Waals surface area contributed by atoms with E-state index in [1.165, 1.54) is 0 Å². The molecule has 2 aliphatic heterocycles. The molecule has 7 nitrogen and oxygen atoms in total. The van der Waals surface area contributed by atoms with Gasteiger partial charge in [0.2, 0.25) is 0 Å². The Morgan fingerprint density at radius 1 is 1.29 bits per heavy atom. The molecule has 1 aromatic carbocycles. The van der Waals surface area contributed by atoms with Gasteiger partial charge in [0.15, 0.2) is 6.10 Å². The molecule has 7 heteroatoms. The number of ether oxygens (including phenoxy) is 2. The minimum atomic E-state index is -0.492. The molecule has 2 amide bonds. The number of carbonyl (C=O) groups is 3. The molecule has 0 spiro atoms. The molecule has 3 rings (SSSR count). The summed E-state index contributed by atoms with van der Waals surface area (Å²) in [7, 11) is 0. The maximum Gasteiger partial charge on any atom is 0.407 e. The molecule has 0 saturated carbocycles. The van der Waals surface area contributed by atoms with E-state index >= 15 is 0 Å². The molecule has 24 heavy (non-hydrogen) atoms. The highest BCUT2D eigenvalue weighted by Gasteiger charge is 2.31. The van der Waals surface area contributed by atoms with Crippen LogP contribution in [0.5, 0.6) is 0 Å². The number of cyclic esters (lactones) is 1. The summed E-state index contributed by atoms with van der Waals surface area (Å²) in [6, 6.07) is 9.04. The average Bonchev–Trinajstić information content (AvgIpc) is 3.05. The predicted molar refractivity (Wildman–Crippen MR) is 84.3 cm³/mol. The van der Waals surface area contributed by atoms with Crippen LogP contribution in [0.1, 0.15) is 23.2 Å². The molecular formula is C17H20N2O5. The quantitative estimate of drug-likeness (QED) is 0.837. The van der Waals surface area contributed by atoms with Crippen LogP contribution in [0.3, 0.4) is 0 Å². The molecule has 2 heterocycles. The van der Waals surface area contributed by atoms with E-state index < -0.39 is 12.2 Å². The van der Waals surface area contributed by atoms with E-state index in [-0.39, 0.29) is 24.4 Å². The number of nitrogens with one attached hydrogen (secondary N) is 1. The lowest BCUT2D eigenvalue weighted by Gasteiger charge is -2.31. The van der Waals surface area contributed by atoms with Gasteiger partial charge in [-0.25, -0.2) is 4.79 Å². The summed E-state index contributed by atoms with van der Waals surface area (Å²) in [5.41, 5.74) is 0.621. The van der Waals surface area contributed by atoms with Crippen molar-refractivity contribution >= 4 is 18.0 Å². The van der Waals surface area contributed by atoms with Crippen LogP contribution in [-0.2, 0) is 14.3 Å². The van der Waals surface area contributed by atoms with Crippen molar-refractivity contribution in [2.75, 3.05) is 26.2 Å². The molecule has 2 atom stereocenters. The van der Waals surface area contributed by atoms with E-state index in [0.29, 0.717) is 31.6 Å². The average molecular weight is 332 g/mol. The van der Waals surface area contributed by atoms with E-state index in [4.69, 9.17) is 9.47 Å². The third-order valence-electron chi connectivity index (χ3n) is 4.22. The fourth-order valence-corrected chi connectivity index (χ4v) is 2.94. The second-order valence-corrected chi connectivity index (χ2v) is 5.99. The summed E-state index contributed by atoms with van der Waals surface area (Å²) < 4.78 is 10.2. The van der Waals surface area contributed by atoms with Crippen LogP contribution in [0.15, 0.2) is 30.3 Å². The Bertz CT molecular complexity index is 619. The SMILES string of the molecule is O=C1NC[C@H](COC(=O)[C@H]2CCCN(C(=O)c3ccccc3)C2)O1. The van der Waals surface area contributed by atoms with Crippen LogP contribution in [0.25, 0.3) is 0 Å². The van der Waals surface area contributed by atoms with Gasteiger partial charge in [0.25, 0.3) is 5.91 Å². The van der Waals surface area contributed by atoms with Crippen LogP contribution in [0.4, 0.5) is 4.79 Å². The maximum atomic E-state index is 12.5. The van der Waals surface area contributed by atoms with Crippen molar-refractivity contribution < 1.29 is 23.9 Å². The van der Waals surface area contributed by atoms with Gasteiger partial charge in [-0.2, -0.15) is 0 Å². The number of esters is 1. The summed E-state index contributed by atoms with van der Waals surface area (Å²) in [6.45, 7) is 1.38. The summed E-state index contributed by atoms with van der Waals surface area (Å²) in [6.07, 6.45) is 0.527. The Morgan fingerprint density at radius 3 is 2.79 bits per heavy atom. The normalized spacial score (nSPS) is 23.3. The van der Waals surface area contributed by atoms with Gasteiger partial charge in [0.1, 0.15) is 6.61 Å². The van der Waals surface area contributed by atoms with E-state index in [0.717, 1.165) is 6.42 Å². The maximum absolute atomic E-state index is 12.5. The lowest BCUT2D eigenvalue weighted by atomic mass is 9.97. The highest BCUT2D eigenvalue weighted by atomic mass is 16.6. The zero-order chi connectivity index (χ0) is 16.9.